The molecule has 0 spiro atoms. The lowest BCUT2D eigenvalue weighted by Crippen LogP contribution is -2.23. The van der Waals surface area contributed by atoms with Gasteiger partial charge in [0, 0.05) is 19.1 Å². The number of nitrogens with zero attached hydrogens (tertiary/aromatic N) is 1. The molecule has 1 saturated heterocycles. The molecule has 0 radical (unpaired) electrons. The Balaban J connectivity index is 1.82. The van der Waals surface area contributed by atoms with Crippen LogP contribution in [0.4, 0.5) is 0 Å². The van der Waals surface area contributed by atoms with Gasteiger partial charge >= 0.3 is 0 Å². The Hall–Kier alpha value is -0.0400. The Morgan fingerprint density at radius 3 is 2.38 bits per heavy atom. The van der Waals surface area contributed by atoms with Crippen LogP contribution in [-0.4, -0.2) is 24.0 Å². The van der Waals surface area contributed by atoms with Crippen molar-refractivity contribution in [1.82, 2.24) is 4.90 Å². The van der Waals surface area contributed by atoms with Crippen LogP contribution in [0.2, 0.25) is 0 Å². The Labute approximate surface area is 102 Å². The van der Waals surface area contributed by atoms with E-state index in [-0.39, 0.29) is 0 Å². The molecule has 3 unspecified atom stereocenters. The number of rotatable bonds is 6. The van der Waals surface area contributed by atoms with E-state index in [0.717, 1.165) is 23.8 Å². The highest BCUT2D eigenvalue weighted by Gasteiger charge is 2.39. The molecule has 1 heterocycles. The molecule has 0 aromatic rings. The zero-order valence-corrected chi connectivity index (χ0v) is 11.4. The first kappa shape index (κ1) is 12.4. The van der Waals surface area contributed by atoms with Crippen LogP contribution >= 0.6 is 0 Å². The van der Waals surface area contributed by atoms with Crippen molar-refractivity contribution >= 4 is 0 Å². The van der Waals surface area contributed by atoms with E-state index >= 15 is 0 Å². The predicted octanol–water partition coefficient (Wildman–Crippen LogP) is 3.93. The summed E-state index contributed by atoms with van der Waals surface area (Å²) in [7, 11) is 0. The number of hydrogen-bond acceptors (Lipinski definition) is 1. The minimum atomic E-state index is 0.947. The van der Waals surface area contributed by atoms with Gasteiger partial charge in [0.05, 0.1) is 0 Å². The second-order valence-corrected chi connectivity index (χ2v) is 6.24. The molecule has 2 fully saturated rings. The highest BCUT2D eigenvalue weighted by atomic mass is 15.2. The summed E-state index contributed by atoms with van der Waals surface area (Å²) in [5, 5.41) is 0. The van der Waals surface area contributed by atoms with Gasteiger partial charge in [-0.1, -0.05) is 40.0 Å². The van der Waals surface area contributed by atoms with Crippen LogP contribution in [0.25, 0.3) is 0 Å². The Morgan fingerprint density at radius 1 is 1.12 bits per heavy atom. The van der Waals surface area contributed by atoms with Crippen LogP contribution in [-0.2, 0) is 0 Å². The van der Waals surface area contributed by atoms with Gasteiger partial charge in [0.15, 0.2) is 0 Å². The molecule has 0 aromatic carbocycles. The molecule has 0 N–H and O–H groups in total. The van der Waals surface area contributed by atoms with Gasteiger partial charge in [-0.15, -0.1) is 0 Å². The van der Waals surface area contributed by atoms with E-state index in [4.69, 9.17) is 0 Å². The minimum Gasteiger partial charge on any atom is -0.300 e. The van der Waals surface area contributed by atoms with Gasteiger partial charge in [-0.2, -0.15) is 0 Å². The van der Waals surface area contributed by atoms with Crippen molar-refractivity contribution in [2.24, 2.45) is 17.8 Å². The first-order valence-electron chi connectivity index (χ1n) is 7.48. The first-order valence-corrected chi connectivity index (χ1v) is 7.48. The molecule has 2 aliphatic rings. The van der Waals surface area contributed by atoms with Crippen LogP contribution in [0.15, 0.2) is 0 Å². The molecule has 1 saturated carbocycles. The fourth-order valence-electron chi connectivity index (χ4n) is 3.57. The predicted molar refractivity (Wildman–Crippen MR) is 70.6 cm³/mol. The maximum atomic E-state index is 2.79. The largest absolute Gasteiger partial charge is 0.300 e. The maximum absolute atomic E-state index is 2.79. The van der Waals surface area contributed by atoms with E-state index in [9.17, 15) is 0 Å². The van der Waals surface area contributed by atoms with Gasteiger partial charge in [0.25, 0.3) is 0 Å². The van der Waals surface area contributed by atoms with E-state index in [1.807, 2.05) is 0 Å². The van der Waals surface area contributed by atoms with Crippen molar-refractivity contribution in [3.05, 3.63) is 0 Å². The summed E-state index contributed by atoms with van der Waals surface area (Å²) in [4.78, 5) is 2.79. The first-order chi connectivity index (χ1) is 7.74. The third-order valence-corrected chi connectivity index (χ3v) is 4.68. The summed E-state index contributed by atoms with van der Waals surface area (Å²) < 4.78 is 0. The SMILES string of the molecule is CCCC(C)CC1CN(C2CC2)CC1CC. The lowest BCUT2D eigenvalue weighted by Gasteiger charge is -2.20. The summed E-state index contributed by atoms with van der Waals surface area (Å²) in [6, 6.07) is 0.987. The van der Waals surface area contributed by atoms with Crippen molar-refractivity contribution in [2.75, 3.05) is 13.1 Å². The number of likely N-dealkylation sites (tertiary alicyclic amines) is 1. The molecule has 1 heteroatoms. The fraction of sp³-hybridized carbons (Fsp3) is 1.00. The van der Waals surface area contributed by atoms with Gasteiger partial charge in [-0.25, -0.2) is 0 Å². The van der Waals surface area contributed by atoms with Crippen molar-refractivity contribution in [3.8, 4) is 0 Å². The zero-order valence-electron chi connectivity index (χ0n) is 11.4. The molecule has 1 aliphatic carbocycles. The van der Waals surface area contributed by atoms with Gasteiger partial charge in [0.2, 0.25) is 0 Å². The smallest absolute Gasteiger partial charge is 0.00966 e. The average Bonchev–Trinajstić information content (AvgIpc) is 3.02. The molecule has 0 aromatic heterocycles. The Kier molecular flexibility index (Phi) is 4.29. The van der Waals surface area contributed by atoms with E-state index in [2.05, 4.69) is 25.7 Å². The van der Waals surface area contributed by atoms with Gasteiger partial charge in [-0.3, -0.25) is 4.90 Å². The van der Waals surface area contributed by atoms with Crippen LogP contribution in [0.5, 0.6) is 0 Å². The molecule has 1 nitrogen and oxygen atoms in total. The van der Waals surface area contributed by atoms with E-state index < -0.39 is 0 Å². The quantitative estimate of drug-likeness (QED) is 0.659. The Bertz CT molecular complexity index is 209. The summed E-state index contributed by atoms with van der Waals surface area (Å²) in [5.74, 6) is 2.95. The van der Waals surface area contributed by atoms with Gasteiger partial charge in [-0.05, 0) is 37.0 Å². The Morgan fingerprint density at radius 2 is 1.81 bits per heavy atom. The van der Waals surface area contributed by atoms with Crippen LogP contribution in [0.3, 0.4) is 0 Å². The van der Waals surface area contributed by atoms with Crippen LogP contribution < -0.4 is 0 Å². The molecular formula is C15H29N. The molecule has 0 bridgehead atoms. The van der Waals surface area contributed by atoms with E-state index in [1.165, 1.54) is 51.6 Å². The molecule has 1 aliphatic heterocycles. The van der Waals surface area contributed by atoms with Crippen LogP contribution in [0.1, 0.15) is 59.3 Å². The van der Waals surface area contributed by atoms with Gasteiger partial charge < -0.3 is 0 Å². The van der Waals surface area contributed by atoms with Crippen molar-refractivity contribution in [3.63, 3.8) is 0 Å². The normalized spacial score (nSPS) is 33.2. The third kappa shape index (κ3) is 3.00. The molecule has 0 amide bonds. The topological polar surface area (TPSA) is 3.24 Å². The molecule has 3 atom stereocenters. The lowest BCUT2D eigenvalue weighted by molar-refractivity contribution is 0.296. The second-order valence-electron chi connectivity index (χ2n) is 6.24. The van der Waals surface area contributed by atoms with Crippen molar-refractivity contribution in [1.29, 1.82) is 0 Å². The highest BCUT2D eigenvalue weighted by Crippen LogP contribution is 2.38. The lowest BCUT2D eigenvalue weighted by atomic mass is 9.85. The fourth-order valence-corrected chi connectivity index (χ4v) is 3.57. The maximum Gasteiger partial charge on any atom is 0.00966 e. The summed E-state index contributed by atoms with van der Waals surface area (Å²) in [5.41, 5.74) is 0. The van der Waals surface area contributed by atoms with Gasteiger partial charge in [0.1, 0.15) is 0 Å². The highest BCUT2D eigenvalue weighted by molar-refractivity contribution is 4.93. The number of hydrogen-bond donors (Lipinski definition) is 0. The average molecular weight is 223 g/mol. The molecular weight excluding hydrogens is 194 g/mol. The molecule has 94 valence electrons. The van der Waals surface area contributed by atoms with Crippen molar-refractivity contribution < 1.29 is 0 Å². The minimum absolute atomic E-state index is 0.947. The standard InChI is InChI=1S/C15H29N/c1-4-6-12(3)9-14-11-16(15-7-8-15)10-13(14)5-2/h12-15H,4-11H2,1-3H3. The molecule has 16 heavy (non-hydrogen) atoms. The van der Waals surface area contributed by atoms with Crippen LogP contribution in [0, 0.1) is 17.8 Å². The van der Waals surface area contributed by atoms with Crippen molar-refractivity contribution in [2.45, 2.75) is 65.3 Å². The monoisotopic (exact) mass is 223 g/mol. The van der Waals surface area contributed by atoms with E-state index in [1.54, 1.807) is 0 Å². The van der Waals surface area contributed by atoms with E-state index in [0.29, 0.717) is 0 Å². The molecule has 2 rings (SSSR count). The third-order valence-electron chi connectivity index (χ3n) is 4.68. The second kappa shape index (κ2) is 5.53. The summed E-state index contributed by atoms with van der Waals surface area (Å²) >= 11 is 0. The summed E-state index contributed by atoms with van der Waals surface area (Å²) in [6.07, 6.45) is 8.62. The summed E-state index contributed by atoms with van der Waals surface area (Å²) in [6.45, 7) is 9.98. The zero-order chi connectivity index (χ0) is 11.5.